The molecule has 2 rings (SSSR count). The zero-order valence-electron chi connectivity index (χ0n) is 15.8. The van der Waals surface area contributed by atoms with Gasteiger partial charge in [0.2, 0.25) is 0 Å². The van der Waals surface area contributed by atoms with Crippen molar-refractivity contribution in [2.24, 2.45) is 0 Å². The normalized spacial score (nSPS) is 31.8. The highest BCUT2D eigenvalue weighted by molar-refractivity contribution is 4.85. The van der Waals surface area contributed by atoms with Crippen molar-refractivity contribution in [3.8, 4) is 0 Å². The van der Waals surface area contributed by atoms with Crippen LogP contribution in [0.3, 0.4) is 0 Å². The molecule has 2 fully saturated rings. The molecule has 0 radical (unpaired) electrons. The average molecular weight is 328 g/mol. The largest absolute Gasteiger partial charge is 0.381 e. The van der Waals surface area contributed by atoms with E-state index >= 15 is 0 Å². The molecule has 0 aliphatic heterocycles. The van der Waals surface area contributed by atoms with Gasteiger partial charge in [-0.15, -0.1) is 0 Å². The van der Waals surface area contributed by atoms with Crippen molar-refractivity contribution in [1.29, 1.82) is 0 Å². The minimum atomic E-state index is 0.326. The first kappa shape index (κ1) is 19.2. The topological polar surface area (TPSA) is 30.9 Å². The number of rotatable bonds is 9. The van der Waals surface area contributed by atoms with Crippen molar-refractivity contribution in [2.45, 2.75) is 103 Å². The van der Waals surface area contributed by atoms with Gasteiger partial charge in [0.15, 0.2) is 0 Å². The SMILES string of the molecule is CO[C@H]1C[C@H](O[C@H]2CC[C@H](N(CCOC(C)C)C(C)C)CC2)C1. The van der Waals surface area contributed by atoms with Gasteiger partial charge in [0.25, 0.3) is 0 Å². The summed E-state index contributed by atoms with van der Waals surface area (Å²) in [5.41, 5.74) is 0. The van der Waals surface area contributed by atoms with Gasteiger partial charge in [-0.25, -0.2) is 0 Å². The third kappa shape index (κ3) is 6.00. The molecule has 0 heterocycles. The lowest BCUT2D eigenvalue weighted by atomic mass is 9.88. The first-order chi connectivity index (χ1) is 11.0. The molecule has 0 spiro atoms. The maximum absolute atomic E-state index is 6.24. The molecule has 136 valence electrons. The Morgan fingerprint density at radius 3 is 2.09 bits per heavy atom. The molecule has 0 bridgehead atoms. The maximum Gasteiger partial charge on any atom is 0.0628 e. The van der Waals surface area contributed by atoms with Crippen molar-refractivity contribution >= 4 is 0 Å². The Labute approximate surface area is 142 Å². The summed E-state index contributed by atoms with van der Waals surface area (Å²) in [4.78, 5) is 2.63. The molecule has 0 aromatic rings. The van der Waals surface area contributed by atoms with Crippen LogP contribution < -0.4 is 0 Å². The quantitative estimate of drug-likeness (QED) is 0.647. The van der Waals surface area contributed by atoms with Gasteiger partial charge in [-0.1, -0.05) is 0 Å². The Morgan fingerprint density at radius 2 is 1.57 bits per heavy atom. The van der Waals surface area contributed by atoms with E-state index in [1.54, 1.807) is 7.11 Å². The zero-order chi connectivity index (χ0) is 16.8. The molecule has 0 amide bonds. The smallest absolute Gasteiger partial charge is 0.0628 e. The summed E-state index contributed by atoms with van der Waals surface area (Å²) in [7, 11) is 1.80. The second-order valence-electron chi connectivity index (χ2n) is 7.77. The van der Waals surface area contributed by atoms with Crippen LogP contribution in [0.2, 0.25) is 0 Å². The second-order valence-corrected chi connectivity index (χ2v) is 7.77. The number of methoxy groups -OCH3 is 1. The Balaban J connectivity index is 1.68. The predicted octanol–water partition coefficient (Wildman–Crippen LogP) is 3.63. The molecular formula is C19H37NO3. The molecule has 0 saturated heterocycles. The lowest BCUT2D eigenvalue weighted by Gasteiger charge is -2.42. The van der Waals surface area contributed by atoms with Crippen LogP contribution in [-0.4, -0.2) is 61.7 Å². The summed E-state index contributed by atoms with van der Waals surface area (Å²) < 4.78 is 17.3. The number of nitrogens with zero attached hydrogens (tertiary/aromatic N) is 1. The van der Waals surface area contributed by atoms with Gasteiger partial charge in [-0.3, -0.25) is 4.90 Å². The van der Waals surface area contributed by atoms with Crippen LogP contribution in [0.5, 0.6) is 0 Å². The molecule has 0 aromatic carbocycles. The van der Waals surface area contributed by atoms with Crippen LogP contribution >= 0.6 is 0 Å². The minimum absolute atomic E-state index is 0.326. The van der Waals surface area contributed by atoms with Gasteiger partial charge >= 0.3 is 0 Å². The molecule has 0 atom stereocenters. The van der Waals surface area contributed by atoms with E-state index in [-0.39, 0.29) is 0 Å². The zero-order valence-corrected chi connectivity index (χ0v) is 15.8. The number of hydrogen-bond acceptors (Lipinski definition) is 4. The van der Waals surface area contributed by atoms with E-state index in [4.69, 9.17) is 14.2 Å². The Bertz CT molecular complexity index is 321. The lowest BCUT2D eigenvalue weighted by molar-refractivity contribution is -0.126. The van der Waals surface area contributed by atoms with Gasteiger partial charge in [0.1, 0.15) is 0 Å². The Kier molecular flexibility index (Phi) is 7.80. The van der Waals surface area contributed by atoms with Crippen molar-refractivity contribution in [2.75, 3.05) is 20.3 Å². The average Bonchev–Trinajstić information content (AvgIpc) is 2.47. The first-order valence-corrected chi connectivity index (χ1v) is 9.55. The van der Waals surface area contributed by atoms with Gasteiger partial charge < -0.3 is 14.2 Å². The summed E-state index contributed by atoms with van der Waals surface area (Å²) in [5, 5.41) is 0. The Morgan fingerprint density at radius 1 is 0.913 bits per heavy atom. The van der Waals surface area contributed by atoms with Crippen LogP contribution in [0.15, 0.2) is 0 Å². The highest BCUT2D eigenvalue weighted by atomic mass is 16.5. The third-order valence-corrected chi connectivity index (χ3v) is 5.35. The second kappa shape index (κ2) is 9.36. The minimum Gasteiger partial charge on any atom is -0.381 e. The fraction of sp³-hybridized carbons (Fsp3) is 1.00. The maximum atomic E-state index is 6.24. The molecule has 0 aromatic heterocycles. The van der Waals surface area contributed by atoms with Crippen molar-refractivity contribution < 1.29 is 14.2 Å². The third-order valence-electron chi connectivity index (χ3n) is 5.35. The molecule has 2 saturated carbocycles. The molecule has 4 nitrogen and oxygen atoms in total. The first-order valence-electron chi connectivity index (χ1n) is 9.55. The van der Waals surface area contributed by atoms with Gasteiger partial charge in [-0.2, -0.15) is 0 Å². The van der Waals surface area contributed by atoms with E-state index < -0.39 is 0 Å². The van der Waals surface area contributed by atoms with Gasteiger partial charge in [-0.05, 0) is 66.2 Å². The summed E-state index contributed by atoms with van der Waals surface area (Å²) >= 11 is 0. The standard InChI is InChI=1S/C19H37NO3/c1-14(2)20(10-11-22-15(3)4)16-6-8-17(9-7-16)23-19-12-18(13-19)21-5/h14-19H,6-13H2,1-5H3/t16-,17-,18-,19-. The molecule has 0 unspecified atom stereocenters. The highest BCUT2D eigenvalue weighted by Crippen LogP contribution is 2.32. The van der Waals surface area contributed by atoms with Crippen LogP contribution in [-0.2, 0) is 14.2 Å². The monoisotopic (exact) mass is 327 g/mol. The predicted molar refractivity (Wildman–Crippen MR) is 93.9 cm³/mol. The van der Waals surface area contributed by atoms with E-state index in [1.165, 1.54) is 25.7 Å². The van der Waals surface area contributed by atoms with Crippen molar-refractivity contribution in [3.63, 3.8) is 0 Å². The van der Waals surface area contributed by atoms with Crippen molar-refractivity contribution in [3.05, 3.63) is 0 Å². The van der Waals surface area contributed by atoms with Crippen molar-refractivity contribution in [1.82, 2.24) is 4.90 Å². The molecule has 2 aliphatic carbocycles. The van der Waals surface area contributed by atoms with Gasteiger partial charge in [0, 0.05) is 25.7 Å². The molecule has 4 heteroatoms. The highest BCUT2D eigenvalue weighted by Gasteiger charge is 2.34. The summed E-state index contributed by atoms with van der Waals surface area (Å²) in [6, 6.07) is 1.28. The molecule has 2 aliphatic rings. The summed E-state index contributed by atoms with van der Waals surface area (Å²) in [5.74, 6) is 0. The summed E-state index contributed by atoms with van der Waals surface area (Å²) in [6.45, 7) is 10.7. The van der Waals surface area contributed by atoms with E-state index in [0.717, 1.165) is 26.0 Å². The van der Waals surface area contributed by atoms with E-state index in [1.807, 2.05) is 0 Å². The summed E-state index contributed by atoms with van der Waals surface area (Å²) in [6.07, 6.45) is 8.76. The number of ether oxygens (including phenoxy) is 3. The van der Waals surface area contributed by atoms with Crippen LogP contribution in [0.1, 0.15) is 66.2 Å². The Hall–Kier alpha value is -0.160. The fourth-order valence-electron chi connectivity index (χ4n) is 3.86. The molecule has 0 N–H and O–H groups in total. The van der Waals surface area contributed by atoms with Gasteiger partial charge in [0.05, 0.1) is 31.0 Å². The molecule has 23 heavy (non-hydrogen) atoms. The molecular weight excluding hydrogens is 290 g/mol. The van der Waals surface area contributed by atoms with E-state index in [0.29, 0.717) is 36.5 Å². The van der Waals surface area contributed by atoms with E-state index in [2.05, 4.69) is 32.6 Å². The lowest BCUT2D eigenvalue weighted by Crippen LogP contribution is -2.46. The van der Waals surface area contributed by atoms with Crippen LogP contribution in [0, 0.1) is 0 Å². The van der Waals surface area contributed by atoms with Crippen LogP contribution in [0.4, 0.5) is 0 Å². The van der Waals surface area contributed by atoms with Crippen LogP contribution in [0.25, 0.3) is 0 Å². The van der Waals surface area contributed by atoms with E-state index in [9.17, 15) is 0 Å². The fourth-order valence-corrected chi connectivity index (χ4v) is 3.86. The number of hydrogen-bond donors (Lipinski definition) is 0.